The van der Waals surface area contributed by atoms with Crippen LogP contribution in [-0.4, -0.2) is 46.8 Å². The molecule has 3 unspecified atom stereocenters. The smallest absolute Gasteiger partial charge is 0.323 e. The van der Waals surface area contributed by atoms with Gasteiger partial charge in [-0.25, -0.2) is 0 Å². The lowest BCUT2D eigenvalue weighted by atomic mass is 9.84. The second-order valence-electron chi connectivity index (χ2n) is 6.56. The molecular formula is C15H27NO3. The standard InChI is InChI=1S/C15H27NO3/c1-11(2)13-10-12(6-9-19-13)16-8-5-4-7-15(16,3)14(17)18/h11-13H,4-10H2,1-3H3,(H,17,18). The molecule has 0 aliphatic carbocycles. The molecule has 0 bridgehead atoms. The van der Waals surface area contributed by atoms with Gasteiger partial charge in [0, 0.05) is 12.6 Å². The van der Waals surface area contributed by atoms with Gasteiger partial charge >= 0.3 is 5.97 Å². The maximum atomic E-state index is 11.7. The van der Waals surface area contributed by atoms with Crippen LogP contribution in [0.1, 0.15) is 52.9 Å². The van der Waals surface area contributed by atoms with Gasteiger partial charge in [0.15, 0.2) is 0 Å². The lowest BCUT2D eigenvalue weighted by Gasteiger charge is -2.48. The molecule has 2 rings (SSSR count). The fraction of sp³-hybridized carbons (Fsp3) is 0.933. The molecule has 19 heavy (non-hydrogen) atoms. The highest BCUT2D eigenvalue weighted by molar-refractivity contribution is 5.78. The van der Waals surface area contributed by atoms with Crippen molar-refractivity contribution in [3.05, 3.63) is 0 Å². The molecule has 2 aliphatic rings. The van der Waals surface area contributed by atoms with Gasteiger partial charge < -0.3 is 9.84 Å². The molecule has 110 valence electrons. The van der Waals surface area contributed by atoms with E-state index in [4.69, 9.17) is 4.74 Å². The molecule has 1 N–H and O–H groups in total. The molecule has 2 heterocycles. The summed E-state index contributed by atoms with van der Waals surface area (Å²) in [6, 6.07) is 0.363. The third-order valence-electron chi connectivity index (χ3n) is 4.88. The minimum atomic E-state index is -0.679. The van der Waals surface area contributed by atoms with Gasteiger partial charge in [0.25, 0.3) is 0 Å². The van der Waals surface area contributed by atoms with Crippen LogP contribution in [0.3, 0.4) is 0 Å². The van der Waals surface area contributed by atoms with Crippen LogP contribution in [0.5, 0.6) is 0 Å². The number of carboxylic acids is 1. The average molecular weight is 269 g/mol. The van der Waals surface area contributed by atoms with Crippen molar-refractivity contribution in [2.24, 2.45) is 5.92 Å². The maximum absolute atomic E-state index is 11.7. The summed E-state index contributed by atoms with van der Waals surface area (Å²) in [5.41, 5.74) is -0.679. The summed E-state index contributed by atoms with van der Waals surface area (Å²) in [6.45, 7) is 7.94. The number of carbonyl (C=O) groups is 1. The van der Waals surface area contributed by atoms with Crippen molar-refractivity contribution in [3.8, 4) is 0 Å². The third-order valence-corrected chi connectivity index (χ3v) is 4.88. The van der Waals surface area contributed by atoms with Gasteiger partial charge in [-0.1, -0.05) is 13.8 Å². The number of hydrogen-bond donors (Lipinski definition) is 1. The summed E-state index contributed by atoms with van der Waals surface area (Å²) < 4.78 is 5.81. The lowest BCUT2D eigenvalue weighted by molar-refractivity contribution is -0.159. The van der Waals surface area contributed by atoms with Crippen molar-refractivity contribution < 1.29 is 14.6 Å². The Morgan fingerprint density at radius 1 is 1.42 bits per heavy atom. The van der Waals surface area contributed by atoms with Crippen LogP contribution in [0, 0.1) is 5.92 Å². The van der Waals surface area contributed by atoms with E-state index in [2.05, 4.69) is 18.7 Å². The molecule has 4 nitrogen and oxygen atoms in total. The fourth-order valence-electron chi connectivity index (χ4n) is 3.51. The Kier molecular flexibility index (Phi) is 4.51. The predicted molar refractivity (Wildman–Crippen MR) is 74.2 cm³/mol. The summed E-state index contributed by atoms with van der Waals surface area (Å²) in [4.78, 5) is 13.9. The van der Waals surface area contributed by atoms with Gasteiger partial charge in [0.1, 0.15) is 5.54 Å². The number of ether oxygens (including phenoxy) is 1. The lowest BCUT2D eigenvalue weighted by Crippen LogP contribution is -2.60. The Bertz CT molecular complexity index is 331. The number of likely N-dealkylation sites (tertiary alicyclic amines) is 1. The van der Waals surface area contributed by atoms with Crippen LogP contribution in [0.2, 0.25) is 0 Å². The second-order valence-corrected chi connectivity index (χ2v) is 6.56. The van der Waals surface area contributed by atoms with Gasteiger partial charge in [0.05, 0.1) is 6.10 Å². The fourth-order valence-corrected chi connectivity index (χ4v) is 3.51. The van der Waals surface area contributed by atoms with Crippen molar-refractivity contribution >= 4 is 5.97 Å². The molecule has 2 fully saturated rings. The summed E-state index contributed by atoms with van der Waals surface area (Å²) in [5, 5.41) is 9.60. The summed E-state index contributed by atoms with van der Waals surface area (Å²) in [6.07, 6.45) is 5.13. The monoisotopic (exact) mass is 269 g/mol. The SMILES string of the molecule is CC(C)C1CC(N2CCCCC2(C)C(=O)O)CCO1. The first-order valence-corrected chi connectivity index (χ1v) is 7.57. The summed E-state index contributed by atoms with van der Waals surface area (Å²) in [5.74, 6) is -0.163. The van der Waals surface area contributed by atoms with Crippen molar-refractivity contribution in [1.29, 1.82) is 0 Å². The molecule has 0 radical (unpaired) electrons. The van der Waals surface area contributed by atoms with E-state index < -0.39 is 11.5 Å². The average Bonchev–Trinajstić information content (AvgIpc) is 2.39. The van der Waals surface area contributed by atoms with Crippen LogP contribution in [0.15, 0.2) is 0 Å². The number of nitrogens with zero attached hydrogens (tertiary/aromatic N) is 1. The van der Waals surface area contributed by atoms with Gasteiger partial charge in [0.2, 0.25) is 0 Å². The van der Waals surface area contributed by atoms with Crippen LogP contribution >= 0.6 is 0 Å². The Labute approximate surface area is 116 Å². The van der Waals surface area contributed by atoms with E-state index in [0.29, 0.717) is 12.0 Å². The highest BCUT2D eigenvalue weighted by Crippen LogP contribution is 2.35. The Morgan fingerprint density at radius 3 is 2.79 bits per heavy atom. The van der Waals surface area contributed by atoms with Crippen molar-refractivity contribution in [2.75, 3.05) is 13.2 Å². The maximum Gasteiger partial charge on any atom is 0.323 e. The number of carboxylic acid groups (broad SMARTS) is 1. The first-order valence-electron chi connectivity index (χ1n) is 7.57. The summed E-state index contributed by atoms with van der Waals surface area (Å²) >= 11 is 0. The van der Waals surface area contributed by atoms with E-state index in [-0.39, 0.29) is 6.10 Å². The number of piperidine rings is 1. The van der Waals surface area contributed by atoms with Crippen LogP contribution < -0.4 is 0 Å². The van der Waals surface area contributed by atoms with Crippen molar-refractivity contribution in [1.82, 2.24) is 4.90 Å². The predicted octanol–water partition coefficient (Wildman–Crippen LogP) is 2.52. The highest BCUT2D eigenvalue weighted by atomic mass is 16.5. The molecule has 3 atom stereocenters. The number of hydrogen-bond acceptors (Lipinski definition) is 3. The molecule has 0 aromatic carbocycles. The van der Waals surface area contributed by atoms with Gasteiger partial charge in [-0.3, -0.25) is 9.69 Å². The van der Waals surface area contributed by atoms with Gasteiger partial charge in [-0.05, 0) is 51.5 Å². The molecule has 0 saturated carbocycles. The van der Waals surface area contributed by atoms with Crippen molar-refractivity contribution in [2.45, 2.75) is 70.6 Å². The van der Waals surface area contributed by atoms with E-state index in [9.17, 15) is 9.90 Å². The van der Waals surface area contributed by atoms with E-state index in [1.165, 1.54) is 0 Å². The minimum absolute atomic E-state index is 0.277. The number of rotatable bonds is 3. The van der Waals surface area contributed by atoms with E-state index in [1.807, 2.05) is 6.92 Å². The van der Waals surface area contributed by atoms with E-state index >= 15 is 0 Å². The molecule has 0 amide bonds. The quantitative estimate of drug-likeness (QED) is 0.855. The molecule has 0 aromatic heterocycles. The molecule has 2 aliphatic heterocycles. The van der Waals surface area contributed by atoms with Crippen LogP contribution in [-0.2, 0) is 9.53 Å². The highest BCUT2D eigenvalue weighted by Gasteiger charge is 2.45. The normalized spacial score (nSPS) is 37.5. The van der Waals surface area contributed by atoms with Crippen LogP contribution in [0.25, 0.3) is 0 Å². The molecule has 4 heteroatoms. The summed E-state index contributed by atoms with van der Waals surface area (Å²) in [7, 11) is 0. The zero-order valence-electron chi connectivity index (χ0n) is 12.4. The minimum Gasteiger partial charge on any atom is -0.480 e. The Hall–Kier alpha value is -0.610. The van der Waals surface area contributed by atoms with Crippen LogP contribution in [0.4, 0.5) is 0 Å². The molecule has 2 saturated heterocycles. The van der Waals surface area contributed by atoms with Crippen molar-refractivity contribution in [3.63, 3.8) is 0 Å². The number of aliphatic carboxylic acids is 1. The molecule has 0 aromatic rings. The van der Waals surface area contributed by atoms with E-state index in [0.717, 1.165) is 45.3 Å². The zero-order chi connectivity index (χ0) is 14.0. The zero-order valence-corrected chi connectivity index (χ0v) is 12.4. The largest absolute Gasteiger partial charge is 0.480 e. The first-order chi connectivity index (χ1) is 8.95. The first kappa shape index (κ1) is 14.8. The second kappa shape index (κ2) is 5.80. The third kappa shape index (κ3) is 2.95. The topological polar surface area (TPSA) is 49.8 Å². The Balaban J connectivity index is 2.11. The molecular weight excluding hydrogens is 242 g/mol. The Morgan fingerprint density at radius 2 is 2.16 bits per heavy atom. The van der Waals surface area contributed by atoms with Gasteiger partial charge in [-0.2, -0.15) is 0 Å². The van der Waals surface area contributed by atoms with E-state index in [1.54, 1.807) is 0 Å². The molecule has 0 spiro atoms. The van der Waals surface area contributed by atoms with Gasteiger partial charge in [-0.15, -0.1) is 0 Å².